The van der Waals surface area contributed by atoms with Crippen molar-refractivity contribution >= 4 is 29.0 Å². The van der Waals surface area contributed by atoms with Crippen molar-refractivity contribution in [3.63, 3.8) is 0 Å². The number of amides is 1. The number of thioether (sulfide) groups is 1. The van der Waals surface area contributed by atoms with Crippen LogP contribution in [0, 0.1) is 0 Å². The van der Waals surface area contributed by atoms with Gasteiger partial charge in [0.2, 0.25) is 5.91 Å². The van der Waals surface area contributed by atoms with Gasteiger partial charge in [-0.05, 0) is 30.3 Å². The van der Waals surface area contributed by atoms with Gasteiger partial charge in [0, 0.05) is 23.1 Å². The zero-order valence-electron chi connectivity index (χ0n) is 14.5. The van der Waals surface area contributed by atoms with Crippen LogP contribution in [-0.2, 0) is 4.79 Å². The van der Waals surface area contributed by atoms with E-state index in [9.17, 15) is 4.79 Å². The molecule has 6 nitrogen and oxygen atoms in total. The Kier molecular flexibility index (Phi) is 6.82. The molecular weight excluding hydrogens is 340 g/mol. The molecule has 2 rings (SSSR count). The second-order valence-electron chi connectivity index (χ2n) is 5.12. The number of nitrogens with two attached hydrogens (primary N) is 1. The first-order valence-corrected chi connectivity index (χ1v) is 8.64. The van der Waals surface area contributed by atoms with Gasteiger partial charge in [0.1, 0.15) is 5.75 Å². The second-order valence-corrected chi connectivity index (χ2v) is 6.28. The van der Waals surface area contributed by atoms with Gasteiger partial charge in [0.15, 0.2) is 11.5 Å². The minimum absolute atomic E-state index is 0.104. The van der Waals surface area contributed by atoms with Crippen LogP contribution in [0.5, 0.6) is 17.2 Å². The molecule has 0 saturated carbocycles. The average Bonchev–Trinajstić information content (AvgIpc) is 2.63. The van der Waals surface area contributed by atoms with E-state index in [1.165, 1.54) is 0 Å². The maximum absolute atomic E-state index is 12.1. The highest BCUT2D eigenvalue weighted by Crippen LogP contribution is 2.32. The number of hydrogen-bond donors (Lipinski definition) is 2. The van der Waals surface area contributed by atoms with E-state index in [2.05, 4.69) is 5.32 Å². The van der Waals surface area contributed by atoms with Crippen LogP contribution in [0.2, 0.25) is 0 Å². The summed E-state index contributed by atoms with van der Waals surface area (Å²) in [6.07, 6.45) is 0.357. The molecule has 0 fully saturated rings. The Morgan fingerprint density at radius 3 is 2.48 bits per heavy atom. The summed E-state index contributed by atoms with van der Waals surface area (Å²) in [5.41, 5.74) is 6.93. The summed E-state index contributed by atoms with van der Waals surface area (Å²) in [6.45, 7) is 0. The fraction of sp³-hybridized carbons (Fsp3) is 0.278. The van der Waals surface area contributed by atoms with Gasteiger partial charge in [-0.2, -0.15) is 0 Å². The molecule has 0 saturated heterocycles. The highest BCUT2D eigenvalue weighted by molar-refractivity contribution is 7.99. The molecule has 0 radical (unpaired) electrons. The summed E-state index contributed by atoms with van der Waals surface area (Å²) in [7, 11) is 4.76. The average molecular weight is 362 g/mol. The first-order chi connectivity index (χ1) is 12.1. The van der Waals surface area contributed by atoms with Crippen LogP contribution in [0.3, 0.4) is 0 Å². The Morgan fingerprint density at radius 2 is 1.80 bits per heavy atom. The molecule has 0 aliphatic carbocycles. The molecule has 3 N–H and O–H groups in total. The quantitative estimate of drug-likeness (QED) is 0.553. The standard InChI is InChI=1S/C18H22N2O4S/c1-22-12-4-6-14(19)15(10-12)20-18(21)8-9-25-13-5-7-16(23-2)17(11-13)24-3/h4-7,10-11H,8-9,19H2,1-3H3,(H,20,21). The fourth-order valence-corrected chi connectivity index (χ4v) is 3.03. The third kappa shape index (κ3) is 5.22. The van der Waals surface area contributed by atoms with Crippen molar-refractivity contribution in [2.45, 2.75) is 11.3 Å². The minimum atomic E-state index is -0.104. The van der Waals surface area contributed by atoms with Crippen molar-refractivity contribution in [1.82, 2.24) is 0 Å². The normalized spacial score (nSPS) is 10.2. The lowest BCUT2D eigenvalue weighted by molar-refractivity contribution is -0.115. The summed E-state index contributed by atoms with van der Waals surface area (Å²) in [5.74, 6) is 2.52. The van der Waals surface area contributed by atoms with Crippen LogP contribution < -0.4 is 25.3 Å². The summed E-state index contributed by atoms with van der Waals surface area (Å²) in [5, 5.41) is 2.81. The Labute approximate surface area is 151 Å². The van der Waals surface area contributed by atoms with Gasteiger partial charge in [0.25, 0.3) is 0 Å². The van der Waals surface area contributed by atoms with E-state index >= 15 is 0 Å². The highest BCUT2D eigenvalue weighted by Gasteiger charge is 2.09. The number of anilines is 2. The number of carbonyl (C=O) groups excluding carboxylic acids is 1. The van der Waals surface area contributed by atoms with Crippen LogP contribution in [0.1, 0.15) is 6.42 Å². The van der Waals surface area contributed by atoms with E-state index < -0.39 is 0 Å². The van der Waals surface area contributed by atoms with Crippen molar-refractivity contribution in [1.29, 1.82) is 0 Å². The van der Waals surface area contributed by atoms with E-state index in [0.717, 1.165) is 4.90 Å². The topological polar surface area (TPSA) is 82.8 Å². The molecule has 7 heteroatoms. The first-order valence-electron chi connectivity index (χ1n) is 7.65. The molecular formula is C18H22N2O4S. The smallest absolute Gasteiger partial charge is 0.225 e. The fourth-order valence-electron chi connectivity index (χ4n) is 2.15. The molecule has 0 spiro atoms. The minimum Gasteiger partial charge on any atom is -0.497 e. The van der Waals surface area contributed by atoms with Gasteiger partial charge >= 0.3 is 0 Å². The van der Waals surface area contributed by atoms with Gasteiger partial charge in [0.05, 0.1) is 32.7 Å². The van der Waals surface area contributed by atoms with Gasteiger partial charge in [-0.3, -0.25) is 4.79 Å². The number of nitrogens with one attached hydrogen (secondary N) is 1. The lowest BCUT2D eigenvalue weighted by Gasteiger charge is -2.11. The number of benzene rings is 2. The number of nitrogen functional groups attached to an aromatic ring is 1. The predicted octanol–water partition coefficient (Wildman–Crippen LogP) is 3.42. The van der Waals surface area contributed by atoms with Crippen molar-refractivity contribution in [2.75, 3.05) is 38.1 Å². The van der Waals surface area contributed by atoms with E-state index in [1.54, 1.807) is 51.3 Å². The molecule has 0 aromatic heterocycles. The predicted molar refractivity (Wildman–Crippen MR) is 101 cm³/mol. The zero-order valence-corrected chi connectivity index (χ0v) is 15.3. The molecule has 0 atom stereocenters. The van der Waals surface area contributed by atoms with Crippen molar-refractivity contribution in [2.24, 2.45) is 0 Å². The largest absolute Gasteiger partial charge is 0.497 e. The summed E-state index contributed by atoms with van der Waals surface area (Å²) in [4.78, 5) is 13.1. The van der Waals surface area contributed by atoms with Crippen molar-refractivity contribution in [3.8, 4) is 17.2 Å². The Bertz CT molecular complexity index is 737. The third-order valence-corrected chi connectivity index (χ3v) is 4.48. The zero-order chi connectivity index (χ0) is 18.2. The molecule has 1 amide bonds. The molecule has 0 unspecified atom stereocenters. The van der Waals surface area contributed by atoms with E-state index in [0.29, 0.717) is 40.8 Å². The molecule has 134 valence electrons. The molecule has 25 heavy (non-hydrogen) atoms. The van der Waals surface area contributed by atoms with Gasteiger partial charge in [-0.1, -0.05) is 0 Å². The molecule has 0 bridgehead atoms. The van der Waals surface area contributed by atoms with Crippen LogP contribution >= 0.6 is 11.8 Å². The van der Waals surface area contributed by atoms with E-state index in [-0.39, 0.29) is 5.91 Å². The number of methoxy groups -OCH3 is 3. The summed E-state index contributed by atoms with van der Waals surface area (Å²) < 4.78 is 15.6. The van der Waals surface area contributed by atoms with Gasteiger partial charge < -0.3 is 25.3 Å². The number of hydrogen-bond acceptors (Lipinski definition) is 6. The van der Waals surface area contributed by atoms with E-state index in [4.69, 9.17) is 19.9 Å². The van der Waals surface area contributed by atoms with Crippen molar-refractivity contribution in [3.05, 3.63) is 36.4 Å². The Balaban J connectivity index is 1.88. The van der Waals surface area contributed by atoms with Crippen LogP contribution in [0.15, 0.2) is 41.3 Å². The van der Waals surface area contributed by atoms with Crippen LogP contribution in [-0.4, -0.2) is 33.0 Å². The third-order valence-electron chi connectivity index (χ3n) is 3.49. The molecule has 0 aliphatic rings. The Morgan fingerprint density at radius 1 is 1.04 bits per heavy atom. The molecule has 0 aliphatic heterocycles. The van der Waals surface area contributed by atoms with E-state index in [1.807, 2.05) is 18.2 Å². The second kappa shape index (κ2) is 9.08. The first kappa shape index (κ1) is 18.8. The summed E-state index contributed by atoms with van der Waals surface area (Å²) >= 11 is 1.57. The molecule has 2 aromatic rings. The number of carbonyl (C=O) groups is 1. The maximum Gasteiger partial charge on any atom is 0.225 e. The molecule has 0 heterocycles. The van der Waals surface area contributed by atoms with Gasteiger partial charge in [-0.25, -0.2) is 0 Å². The lowest BCUT2D eigenvalue weighted by Crippen LogP contribution is -2.13. The molecule has 2 aromatic carbocycles. The van der Waals surface area contributed by atoms with Crippen molar-refractivity contribution < 1.29 is 19.0 Å². The van der Waals surface area contributed by atoms with Crippen LogP contribution in [0.4, 0.5) is 11.4 Å². The lowest BCUT2D eigenvalue weighted by atomic mass is 10.2. The van der Waals surface area contributed by atoms with Gasteiger partial charge in [-0.15, -0.1) is 11.8 Å². The Hall–Kier alpha value is -2.54. The number of ether oxygens (including phenoxy) is 3. The maximum atomic E-state index is 12.1. The summed E-state index contributed by atoms with van der Waals surface area (Å²) in [6, 6.07) is 10.8. The van der Waals surface area contributed by atoms with Crippen LogP contribution in [0.25, 0.3) is 0 Å². The monoisotopic (exact) mass is 362 g/mol. The SMILES string of the molecule is COc1ccc(N)c(NC(=O)CCSc2ccc(OC)c(OC)c2)c1. The highest BCUT2D eigenvalue weighted by atomic mass is 32.2. The number of rotatable bonds is 8.